The van der Waals surface area contributed by atoms with Gasteiger partial charge in [0.1, 0.15) is 11.8 Å². The van der Waals surface area contributed by atoms with E-state index in [1.807, 2.05) is 12.1 Å². The molecule has 1 N–H and O–H groups in total. The van der Waals surface area contributed by atoms with Crippen LogP contribution in [0.1, 0.15) is 25.8 Å². The molecule has 0 fully saturated rings. The minimum absolute atomic E-state index is 0.239. The van der Waals surface area contributed by atoms with Gasteiger partial charge < -0.3 is 14.8 Å². The zero-order valence-electron chi connectivity index (χ0n) is 12.7. The Morgan fingerprint density at radius 3 is 2.48 bits per heavy atom. The lowest BCUT2D eigenvalue weighted by Crippen LogP contribution is -2.38. The highest BCUT2D eigenvalue weighted by Crippen LogP contribution is 2.32. The third-order valence-electron chi connectivity index (χ3n) is 3.02. The van der Waals surface area contributed by atoms with Crippen LogP contribution in [0, 0.1) is 5.92 Å². The highest BCUT2D eigenvalue weighted by Gasteiger charge is 2.20. The van der Waals surface area contributed by atoms with Crippen LogP contribution in [0.5, 0.6) is 5.75 Å². The van der Waals surface area contributed by atoms with Crippen molar-refractivity contribution in [2.75, 3.05) is 14.2 Å². The molecule has 118 valence electrons. The number of carbonyl (C=O) groups excluding carboxylic acids is 1. The number of halogens is 2. The monoisotopic (exact) mass is 421 g/mol. The van der Waals surface area contributed by atoms with Crippen LogP contribution < -0.4 is 10.1 Å². The van der Waals surface area contributed by atoms with Crippen LogP contribution in [0.15, 0.2) is 21.1 Å². The average Bonchev–Trinajstić information content (AvgIpc) is 2.41. The number of hydrogen-bond donors (Lipinski definition) is 1. The summed E-state index contributed by atoms with van der Waals surface area (Å²) >= 11 is 6.93. The zero-order valence-corrected chi connectivity index (χ0v) is 15.9. The zero-order chi connectivity index (χ0) is 16.0. The molecule has 0 saturated carbocycles. The smallest absolute Gasteiger partial charge is 0.322 e. The lowest BCUT2D eigenvalue weighted by atomic mass is 10.0. The second kappa shape index (κ2) is 8.76. The molecule has 0 saturated heterocycles. The number of hydrogen-bond acceptors (Lipinski definition) is 4. The first-order chi connectivity index (χ1) is 9.88. The number of methoxy groups -OCH3 is 2. The van der Waals surface area contributed by atoms with E-state index in [2.05, 4.69) is 51.0 Å². The summed E-state index contributed by atoms with van der Waals surface area (Å²) in [5.41, 5.74) is 0.969. The maximum atomic E-state index is 11.8. The van der Waals surface area contributed by atoms with Crippen LogP contribution in [-0.4, -0.2) is 26.2 Å². The summed E-state index contributed by atoms with van der Waals surface area (Å²) in [7, 11) is 3.04. The summed E-state index contributed by atoms with van der Waals surface area (Å²) in [5, 5.41) is 3.25. The Morgan fingerprint density at radius 1 is 1.29 bits per heavy atom. The molecule has 1 unspecified atom stereocenters. The third-order valence-corrected chi connectivity index (χ3v) is 4.07. The molecule has 0 aromatic heterocycles. The molecule has 1 atom stereocenters. The van der Waals surface area contributed by atoms with Crippen molar-refractivity contribution >= 4 is 37.8 Å². The Morgan fingerprint density at radius 2 is 1.95 bits per heavy atom. The summed E-state index contributed by atoms with van der Waals surface area (Å²) < 4.78 is 12.1. The van der Waals surface area contributed by atoms with Gasteiger partial charge in [0.05, 0.1) is 18.7 Å². The topological polar surface area (TPSA) is 47.6 Å². The van der Waals surface area contributed by atoms with Gasteiger partial charge >= 0.3 is 5.97 Å². The van der Waals surface area contributed by atoms with Gasteiger partial charge in [0.25, 0.3) is 0 Å². The van der Waals surface area contributed by atoms with Crippen LogP contribution in [0.2, 0.25) is 0 Å². The summed E-state index contributed by atoms with van der Waals surface area (Å²) in [6.07, 6.45) is 0.726. The molecule has 0 amide bonds. The second-order valence-electron chi connectivity index (χ2n) is 5.17. The average molecular weight is 423 g/mol. The van der Waals surface area contributed by atoms with Crippen LogP contribution in [0.3, 0.4) is 0 Å². The van der Waals surface area contributed by atoms with Gasteiger partial charge in [-0.2, -0.15) is 0 Å². The maximum absolute atomic E-state index is 11.8. The molecule has 21 heavy (non-hydrogen) atoms. The summed E-state index contributed by atoms with van der Waals surface area (Å²) in [6.45, 7) is 4.68. The Balaban J connectivity index is 2.87. The van der Waals surface area contributed by atoms with Crippen molar-refractivity contribution < 1.29 is 14.3 Å². The largest absolute Gasteiger partial charge is 0.495 e. The highest BCUT2D eigenvalue weighted by atomic mass is 79.9. The summed E-state index contributed by atoms with van der Waals surface area (Å²) in [6, 6.07) is 3.58. The van der Waals surface area contributed by atoms with Gasteiger partial charge in [0, 0.05) is 16.6 Å². The van der Waals surface area contributed by atoms with Gasteiger partial charge in [0.15, 0.2) is 0 Å². The Kier molecular flexibility index (Phi) is 7.70. The quantitative estimate of drug-likeness (QED) is 0.677. The molecular weight excluding hydrogens is 402 g/mol. The van der Waals surface area contributed by atoms with Crippen molar-refractivity contribution in [1.29, 1.82) is 0 Å². The van der Waals surface area contributed by atoms with E-state index in [0.717, 1.165) is 26.7 Å². The van der Waals surface area contributed by atoms with Crippen molar-refractivity contribution in [3.8, 4) is 5.75 Å². The van der Waals surface area contributed by atoms with Crippen LogP contribution in [0.25, 0.3) is 0 Å². The van der Waals surface area contributed by atoms with Gasteiger partial charge in [-0.15, -0.1) is 0 Å². The molecule has 4 nitrogen and oxygen atoms in total. The van der Waals surface area contributed by atoms with Crippen molar-refractivity contribution in [2.45, 2.75) is 32.9 Å². The van der Waals surface area contributed by atoms with Crippen LogP contribution in [0.4, 0.5) is 0 Å². The summed E-state index contributed by atoms with van der Waals surface area (Å²) in [4.78, 5) is 11.8. The molecule has 1 aromatic carbocycles. The minimum atomic E-state index is -0.322. The maximum Gasteiger partial charge on any atom is 0.322 e. The highest BCUT2D eigenvalue weighted by molar-refractivity contribution is 9.11. The van der Waals surface area contributed by atoms with Crippen molar-refractivity contribution in [1.82, 2.24) is 5.32 Å². The SMILES string of the molecule is COC(=O)C(CC(C)C)NCc1cc(Br)cc(Br)c1OC. The first kappa shape index (κ1) is 18.5. The van der Waals surface area contributed by atoms with Gasteiger partial charge in [-0.25, -0.2) is 0 Å². The molecule has 1 aromatic rings. The normalized spacial score (nSPS) is 12.3. The van der Waals surface area contributed by atoms with Crippen molar-refractivity contribution in [3.63, 3.8) is 0 Å². The fourth-order valence-corrected chi connectivity index (χ4v) is 3.56. The molecule has 0 spiro atoms. The third kappa shape index (κ3) is 5.60. The lowest BCUT2D eigenvalue weighted by molar-refractivity contribution is -0.143. The molecule has 0 aliphatic carbocycles. The van der Waals surface area contributed by atoms with Crippen molar-refractivity contribution in [3.05, 3.63) is 26.6 Å². The number of ether oxygens (including phenoxy) is 2. The predicted molar refractivity (Wildman–Crippen MR) is 90.5 cm³/mol. The first-order valence-electron chi connectivity index (χ1n) is 6.72. The van der Waals surface area contributed by atoms with Gasteiger partial charge in [0.2, 0.25) is 0 Å². The Labute approximate surface area is 142 Å². The number of carbonyl (C=O) groups is 1. The molecule has 1 rings (SSSR count). The van der Waals surface area contributed by atoms with Crippen LogP contribution >= 0.6 is 31.9 Å². The van der Waals surface area contributed by atoms with E-state index in [9.17, 15) is 4.79 Å². The molecule has 0 bridgehead atoms. The number of esters is 1. The van der Waals surface area contributed by atoms with E-state index in [1.54, 1.807) is 7.11 Å². The second-order valence-corrected chi connectivity index (χ2v) is 6.94. The number of nitrogens with one attached hydrogen (secondary N) is 1. The number of rotatable bonds is 7. The van der Waals surface area contributed by atoms with Gasteiger partial charge in [-0.3, -0.25) is 4.79 Å². The standard InChI is InChI=1S/C15H21Br2NO3/c1-9(2)5-13(15(19)21-4)18-8-10-6-11(16)7-12(17)14(10)20-3/h6-7,9,13,18H,5,8H2,1-4H3. The lowest BCUT2D eigenvalue weighted by Gasteiger charge is -2.19. The number of benzene rings is 1. The van der Waals surface area contributed by atoms with Gasteiger partial charge in [-0.1, -0.05) is 29.8 Å². The summed E-state index contributed by atoms with van der Waals surface area (Å²) in [5.74, 6) is 0.924. The van der Waals surface area contributed by atoms with E-state index < -0.39 is 0 Å². The fourth-order valence-electron chi connectivity index (χ4n) is 2.08. The van der Waals surface area contributed by atoms with E-state index in [1.165, 1.54) is 7.11 Å². The minimum Gasteiger partial charge on any atom is -0.495 e. The van der Waals surface area contributed by atoms with E-state index >= 15 is 0 Å². The first-order valence-corrected chi connectivity index (χ1v) is 8.30. The molecule has 0 heterocycles. The van der Waals surface area contributed by atoms with Crippen molar-refractivity contribution in [2.24, 2.45) is 5.92 Å². The molecular formula is C15H21Br2NO3. The predicted octanol–water partition coefficient (Wildman–Crippen LogP) is 3.90. The Hall–Kier alpha value is -0.590. The fraction of sp³-hybridized carbons (Fsp3) is 0.533. The van der Waals surface area contributed by atoms with Crippen LogP contribution in [-0.2, 0) is 16.1 Å². The van der Waals surface area contributed by atoms with E-state index in [-0.39, 0.29) is 12.0 Å². The van der Waals surface area contributed by atoms with E-state index in [0.29, 0.717) is 12.5 Å². The molecule has 0 radical (unpaired) electrons. The Bertz CT molecular complexity index is 492. The van der Waals surface area contributed by atoms with Gasteiger partial charge in [-0.05, 0) is 40.4 Å². The molecule has 0 aliphatic rings. The van der Waals surface area contributed by atoms with E-state index in [4.69, 9.17) is 9.47 Å². The molecule has 6 heteroatoms. The molecule has 0 aliphatic heterocycles.